The number of Topliss-reactive ketones (excluding diaryl/α,β-unsaturated/α-hetero) is 1. The van der Waals surface area contributed by atoms with Crippen molar-refractivity contribution in [2.24, 2.45) is 0 Å². The van der Waals surface area contributed by atoms with E-state index >= 15 is 0 Å². The average molecular weight is 352 g/mol. The molecule has 0 radical (unpaired) electrons. The van der Waals surface area contributed by atoms with Gasteiger partial charge in [-0.05, 0) is 79.1 Å². The van der Waals surface area contributed by atoms with Gasteiger partial charge in [0.25, 0.3) is 0 Å². The molecule has 0 saturated heterocycles. The summed E-state index contributed by atoms with van der Waals surface area (Å²) in [5, 5.41) is 10.1. The second-order valence-corrected chi connectivity index (χ2v) is 7.26. The maximum atomic E-state index is 11.2. The molecule has 3 heteroatoms. The lowest BCUT2D eigenvalue weighted by molar-refractivity contribution is -0.118. The summed E-state index contributed by atoms with van der Waals surface area (Å²) in [4.78, 5) is 11.2. The molecule has 0 saturated carbocycles. The number of hydrogen-bond acceptors (Lipinski definition) is 3. The van der Waals surface area contributed by atoms with Crippen molar-refractivity contribution < 1.29 is 14.6 Å². The zero-order valence-electron chi connectivity index (χ0n) is 16.3. The van der Waals surface area contributed by atoms with Crippen LogP contribution in [0, 0.1) is 6.92 Å². The van der Waals surface area contributed by atoms with Crippen molar-refractivity contribution in [1.82, 2.24) is 0 Å². The Morgan fingerprint density at radius 3 is 2.46 bits per heavy atom. The van der Waals surface area contributed by atoms with E-state index in [0.717, 1.165) is 34.2 Å². The maximum absolute atomic E-state index is 11.2. The molecule has 0 heterocycles. The van der Waals surface area contributed by atoms with E-state index in [2.05, 4.69) is 26.5 Å². The van der Waals surface area contributed by atoms with Crippen LogP contribution in [0.5, 0.6) is 11.5 Å². The SMILES string of the molecule is C=C(C)c1cc(OCC(C)=O)cc(C)c1Cc1ccc(O)c(C(C)C)c1. The predicted octanol–water partition coefficient (Wildman–Crippen LogP) is 5.42. The molecule has 138 valence electrons. The van der Waals surface area contributed by atoms with Crippen molar-refractivity contribution >= 4 is 11.4 Å². The second kappa shape index (κ2) is 8.22. The van der Waals surface area contributed by atoms with Crippen LogP contribution in [0.3, 0.4) is 0 Å². The van der Waals surface area contributed by atoms with Crippen molar-refractivity contribution in [2.75, 3.05) is 6.61 Å². The van der Waals surface area contributed by atoms with Crippen LogP contribution in [0.15, 0.2) is 36.9 Å². The minimum Gasteiger partial charge on any atom is -0.508 e. The van der Waals surface area contributed by atoms with Crippen molar-refractivity contribution in [3.8, 4) is 11.5 Å². The van der Waals surface area contributed by atoms with Crippen LogP contribution >= 0.6 is 0 Å². The largest absolute Gasteiger partial charge is 0.508 e. The summed E-state index contributed by atoms with van der Waals surface area (Å²) in [6, 6.07) is 9.72. The number of ketones is 1. The first-order chi connectivity index (χ1) is 12.2. The number of rotatable bonds is 7. The molecule has 2 aromatic carbocycles. The molecule has 0 aliphatic rings. The third kappa shape index (κ3) is 4.75. The number of hydrogen-bond donors (Lipinski definition) is 1. The zero-order valence-corrected chi connectivity index (χ0v) is 16.3. The fraction of sp³-hybridized carbons (Fsp3) is 0.348. The van der Waals surface area contributed by atoms with Gasteiger partial charge in [0.05, 0.1) is 0 Å². The monoisotopic (exact) mass is 352 g/mol. The molecule has 0 amide bonds. The molecular weight excluding hydrogens is 324 g/mol. The minimum atomic E-state index is -0.00564. The Morgan fingerprint density at radius 2 is 1.88 bits per heavy atom. The van der Waals surface area contributed by atoms with Crippen LogP contribution in [0.2, 0.25) is 0 Å². The summed E-state index contributed by atoms with van der Waals surface area (Å²) in [6.07, 6.45) is 0.751. The molecule has 0 fully saturated rings. The van der Waals surface area contributed by atoms with Gasteiger partial charge in [0, 0.05) is 0 Å². The van der Waals surface area contributed by atoms with Gasteiger partial charge in [-0.25, -0.2) is 0 Å². The van der Waals surface area contributed by atoms with Crippen LogP contribution in [-0.4, -0.2) is 17.5 Å². The Bertz CT molecular complexity index is 832. The number of phenols is 1. The Balaban J connectivity index is 2.41. The average Bonchev–Trinajstić information content (AvgIpc) is 2.55. The summed E-state index contributed by atoms with van der Waals surface area (Å²) in [6.45, 7) is 13.9. The molecule has 3 nitrogen and oxygen atoms in total. The van der Waals surface area contributed by atoms with E-state index in [1.165, 1.54) is 12.5 Å². The highest BCUT2D eigenvalue weighted by Crippen LogP contribution is 2.31. The van der Waals surface area contributed by atoms with Crippen molar-refractivity contribution in [1.29, 1.82) is 0 Å². The number of allylic oxidation sites excluding steroid dienone is 1. The van der Waals surface area contributed by atoms with Crippen LogP contribution in [0.4, 0.5) is 0 Å². The minimum absolute atomic E-state index is 0.00564. The number of benzene rings is 2. The van der Waals surface area contributed by atoms with Gasteiger partial charge in [-0.15, -0.1) is 0 Å². The summed E-state index contributed by atoms with van der Waals surface area (Å²) < 4.78 is 5.59. The third-order valence-electron chi connectivity index (χ3n) is 4.44. The van der Waals surface area contributed by atoms with Gasteiger partial charge in [-0.3, -0.25) is 4.79 Å². The Kier molecular flexibility index (Phi) is 6.25. The first-order valence-corrected chi connectivity index (χ1v) is 8.92. The molecule has 0 spiro atoms. The van der Waals surface area contributed by atoms with Gasteiger partial charge in [-0.2, -0.15) is 0 Å². The smallest absolute Gasteiger partial charge is 0.167 e. The fourth-order valence-corrected chi connectivity index (χ4v) is 3.05. The molecule has 26 heavy (non-hydrogen) atoms. The van der Waals surface area contributed by atoms with Crippen molar-refractivity contribution in [3.63, 3.8) is 0 Å². The van der Waals surface area contributed by atoms with E-state index in [0.29, 0.717) is 11.5 Å². The number of aromatic hydroxyl groups is 1. The summed E-state index contributed by atoms with van der Waals surface area (Å²) in [5.41, 5.74) is 6.39. The number of aryl methyl sites for hydroxylation is 1. The number of carbonyl (C=O) groups excluding carboxylic acids is 1. The van der Waals surface area contributed by atoms with E-state index in [1.807, 2.05) is 32.0 Å². The van der Waals surface area contributed by atoms with Crippen molar-refractivity contribution in [2.45, 2.75) is 47.0 Å². The van der Waals surface area contributed by atoms with E-state index in [1.54, 1.807) is 6.07 Å². The van der Waals surface area contributed by atoms with E-state index in [9.17, 15) is 9.90 Å². The highest BCUT2D eigenvalue weighted by molar-refractivity contribution is 5.77. The molecule has 0 aliphatic heterocycles. The third-order valence-corrected chi connectivity index (χ3v) is 4.44. The number of carbonyl (C=O) groups is 1. The Labute approximate surface area is 156 Å². The first kappa shape index (κ1) is 19.8. The summed E-state index contributed by atoms with van der Waals surface area (Å²) in [7, 11) is 0. The fourth-order valence-electron chi connectivity index (χ4n) is 3.05. The number of phenolic OH excluding ortho intramolecular Hbond substituents is 1. The summed E-state index contributed by atoms with van der Waals surface area (Å²) >= 11 is 0. The van der Waals surface area contributed by atoms with Gasteiger partial charge in [0.2, 0.25) is 0 Å². The molecule has 0 aliphatic carbocycles. The molecular formula is C23H28O3. The lowest BCUT2D eigenvalue weighted by Crippen LogP contribution is -2.08. The molecule has 0 unspecified atom stereocenters. The topological polar surface area (TPSA) is 46.5 Å². The quantitative estimate of drug-likeness (QED) is 0.724. The van der Waals surface area contributed by atoms with Crippen molar-refractivity contribution in [3.05, 3.63) is 64.7 Å². The highest BCUT2D eigenvalue weighted by atomic mass is 16.5. The second-order valence-electron chi connectivity index (χ2n) is 7.26. The van der Waals surface area contributed by atoms with E-state index in [4.69, 9.17) is 4.74 Å². The van der Waals surface area contributed by atoms with Gasteiger partial charge >= 0.3 is 0 Å². The lowest BCUT2D eigenvalue weighted by Gasteiger charge is -2.17. The standard InChI is InChI=1S/C23H28O3/c1-14(2)20-12-19(26-13-17(6)24)9-16(5)22(20)11-18-7-8-23(25)21(10-18)15(3)4/h7-10,12,15,25H,1,11,13H2,2-6H3. The van der Waals surface area contributed by atoms with E-state index in [-0.39, 0.29) is 18.3 Å². The molecule has 0 atom stereocenters. The maximum Gasteiger partial charge on any atom is 0.167 e. The molecule has 0 aromatic heterocycles. The molecule has 1 N–H and O–H groups in total. The Morgan fingerprint density at radius 1 is 1.19 bits per heavy atom. The van der Waals surface area contributed by atoms with Gasteiger partial charge in [0.1, 0.15) is 18.1 Å². The first-order valence-electron chi connectivity index (χ1n) is 8.92. The van der Waals surface area contributed by atoms with Gasteiger partial charge < -0.3 is 9.84 Å². The molecule has 0 bridgehead atoms. The predicted molar refractivity (Wildman–Crippen MR) is 107 cm³/mol. The Hall–Kier alpha value is -2.55. The normalized spacial score (nSPS) is 10.8. The lowest BCUT2D eigenvalue weighted by atomic mass is 9.90. The highest BCUT2D eigenvalue weighted by Gasteiger charge is 2.13. The van der Waals surface area contributed by atoms with Crippen LogP contribution in [0.1, 0.15) is 61.4 Å². The zero-order chi connectivity index (χ0) is 19.4. The molecule has 2 rings (SSSR count). The summed E-state index contributed by atoms with van der Waals surface area (Å²) in [5.74, 6) is 1.29. The van der Waals surface area contributed by atoms with Crippen LogP contribution in [0.25, 0.3) is 5.57 Å². The number of ether oxygens (including phenoxy) is 1. The van der Waals surface area contributed by atoms with Gasteiger partial charge in [0.15, 0.2) is 5.78 Å². The van der Waals surface area contributed by atoms with Crippen LogP contribution in [-0.2, 0) is 11.2 Å². The molecule has 2 aromatic rings. The van der Waals surface area contributed by atoms with Gasteiger partial charge in [-0.1, -0.05) is 38.1 Å². The van der Waals surface area contributed by atoms with Crippen LogP contribution < -0.4 is 4.74 Å². The van der Waals surface area contributed by atoms with E-state index < -0.39 is 0 Å².